The van der Waals surface area contributed by atoms with E-state index in [-0.39, 0.29) is 6.04 Å². The Labute approximate surface area is 97.0 Å². The maximum absolute atomic E-state index is 12.0. The molecular weight excluding hydrogens is 235 g/mol. The summed E-state index contributed by atoms with van der Waals surface area (Å²) in [7, 11) is 0. The van der Waals surface area contributed by atoms with Crippen LogP contribution in [0.3, 0.4) is 0 Å². The lowest BCUT2D eigenvalue weighted by atomic mass is 10.1. The second-order valence-corrected chi connectivity index (χ2v) is 3.87. The molecule has 0 fully saturated rings. The van der Waals surface area contributed by atoms with Crippen LogP contribution in [0.4, 0.5) is 13.2 Å². The first kappa shape index (κ1) is 13.6. The highest BCUT2D eigenvalue weighted by atomic mass is 19.4. The van der Waals surface area contributed by atoms with E-state index in [0.717, 1.165) is 0 Å². The minimum Gasteiger partial charge on any atom is -0.504 e. The van der Waals surface area contributed by atoms with Crippen molar-refractivity contribution in [3.8, 4) is 11.5 Å². The van der Waals surface area contributed by atoms with Gasteiger partial charge in [0.05, 0.1) is 0 Å². The van der Waals surface area contributed by atoms with E-state index in [4.69, 9.17) is 5.73 Å². The van der Waals surface area contributed by atoms with Crippen molar-refractivity contribution in [3.63, 3.8) is 0 Å². The summed E-state index contributed by atoms with van der Waals surface area (Å²) in [4.78, 5) is 0. The average Bonchev–Trinajstić information content (AvgIpc) is 2.17. The van der Waals surface area contributed by atoms with Crippen LogP contribution in [-0.2, 0) is 6.42 Å². The lowest BCUT2D eigenvalue weighted by Crippen LogP contribution is -2.17. The molecule has 1 rings (SSSR count). The van der Waals surface area contributed by atoms with Crippen molar-refractivity contribution in [1.29, 1.82) is 0 Å². The highest BCUT2D eigenvalue weighted by molar-refractivity contribution is 5.42. The number of rotatable bonds is 4. The van der Waals surface area contributed by atoms with Gasteiger partial charge in [0.2, 0.25) is 0 Å². The van der Waals surface area contributed by atoms with E-state index in [0.29, 0.717) is 18.4 Å². The van der Waals surface area contributed by atoms with E-state index in [1.165, 1.54) is 12.1 Å². The van der Waals surface area contributed by atoms with Gasteiger partial charge in [-0.3, -0.25) is 0 Å². The zero-order valence-electron chi connectivity index (χ0n) is 9.29. The van der Waals surface area contributed by atoms with E-state index in [1.54, 1.807) is 6.07 Å². The van der Waals surface area contributed by atoms with Gasteiger partial charge in [-0.05, 0) is 37.5 Å². The molecular formula is C11H14F3NO2. The Balaban J connectivity index is 2.79. The summed E-state index contributed by atoms with van der Waals surface area (Å²) in [5.41, 5.74) is 6.19. The van der Waals surface area contributed by atoms with Crippen LogP contribution < -0.4 is 10.5 Å². The molecule has 3 N–H and O–H groups in total. The summed E-state index contributed by atoms with van der Waals surface area (Å²) in [6, 6.07) is 3.86. The second kappa shape index (κ2) is 5.27. The fourth-order valence-electron chi connectivity index (χ4n) is 1.31. The molecule has 3 nitrogen and oxygen atoms in total. The van der Waals surface area contributed by atoms with Crippen LogP contribution in [0.2, 0.25) is 0 Å². The van der Waals surface area contributed by atoms with Gasteiger partial charge in [-0.2, -0.15) is 0 Å². The number of phenols is 1. The molecule has 0 aliphatic rings. The minimum absolute atomic E-state index is 0.0317. The molecule has 0 unspecified atom stereocenters. The third-order valence-electron chi connectivity index (χ3n) is 2.14. The SMILES string of the molecule is C[C@@H](N)CCc1ccc(O)c(OC(F)(F)F)c1. The van der Waals surface area contributed by atoms with Crippen molar-refractivity contribution in [1.82, 2.24) is 0 Å². The number of hydrogen-bond donors (Lipinski definition) is 2. The Bertz CT molecular complexity index is 377. The Morgan fingerprint density at radius 1 is 1.41 bits per heavy atom. The Kier molecular flexibility index (Phi) is 4.22. The summed E-state index contributed by atoms with van der Waals surface area (Å²) < 4.78 is 39.7. The van der Waals surface area contributed by atoms with Gasteiger partial charge in [-0.25, -0.2) is 0 Å². The third kappa shape index (κ3) is 4.95. The van der Waals surface area contributed by atoms with Crippen LogP contribution >= 0.6 is 0 Å². The molecule has 6 heteroatoms. The molecule has 1 aromatic carbocycles. The Morgan fingerprint density at radius 2 is 2.06 bits per heavy atom. The highest BCUT2D eigenvalue weighted by Crippen LogP contribution is 2.32. The van der Waals surface area contributed by atoms with Gasteiger partial charge >= 0.3 is 6.36 Å². The van der Waals surface area contributed by atoms with E-state index in [9.17, 15) is 18.3 Å². The lowest BCUT2D eigenvalue weighted by molar-refractivity contribution is -0.275. The standard InChI is InChI=1S/C11H14F3NO2/c1-7(15)2-3-8-4-5-9(16)10(6-8)17-11(12,13)14/h4-7,16H,2-3,15H2,1H3/t7-/m1/s1. The molecule has 0 aromatic heterocycles. The molecule has 0 heterocycles. The highest BCUT2D eigenvalue weighted by Gasteiger charge is 2.32. The second-order valence-electron chi connectivity index (χ2n) is 3.87. The number of halogens is 3. The normalized spacial score (nSPS) is 13.5. The van der Waals surface area contributed by atoms with Crippen LogP contribution in [-0.4, -0.2) is 17.5 Å². The number of nitrogens with two attached hydrogens (primary N) is 1. The molecule has 1 atom stereocenters. The summed E-state index contributed by atoms with van der Waals surface area (Å²) >= 11 is 0. The van der Waals surface area contributed by atoms with Crippen molar-refractivity contribution in [3.05, 3.63) is 23.8 Å². The van der Waals surface area contributed by atoms with Crippen molar-refractivity contribution in [2.75, 3.05) is 0 Å². The topological polar surface area (TPSA) is 55.5 Å². The lowest BCUT2D eigenvalue weighted by Gasteiger charge is -2.12. The number of ether oxygens (including phenoxy) is 1. The molecule has 0 saturated carbocycles. The maximum Gasteiger partial charge on any atom is 0.573 e. The molecule has 0 spiro atoms. The number of alkyl halides is 3. The number of hydrogen-bond acceptors (Lipinski definition) is 3. The number of aryl methyl sites for hydroxylation is 1. The molecule has 0 saturated heterocycles. The molecule has 0 amide bonds. The first-order chi connectivity index (χ1) is 7.78. The quantitative estimate of drug-likeness (QED) is 0.862. The van der Waals surface area contributed by atoms with Crippen molar-refractivity contribution >= 4 is 0 Å². The number of benzene rings is 1. The maximum atomic E-state index is 12.0. The van der Waals surface area contributed by atoms with Crippen LogP contribution in [0.15, 0.2) is 18.2 Å². The molecule has 17 heavy (non-hydrogen) atoms. The van der Waals surface area contributed by atoms with E-state index in [2.05, 4.69) is 4.74 Å². The zero-order valence-corrected chi connectivity index (χ0v) is 9.29. The summed E-state index contributed by atoms with van der Waals surface area (Å²) in [5, 5.41) is 9.23. The summed E-state index contributed by atoms with van der Waals surface area (Å²) in [6.07, 6.45) is -3.63. The monoisotopic (exact) mass is 249 g/mol. The molecule has 0 aliphatic carbocycles. The van der Waals surface area contributed by atoms with Gasteiger partial charge in [-0.15, -0.1) is 13.2 Å². The van der Waals surface area contributed by atoms with E-state index < -0.39 is 17.9 Å². The first-order valence-corrected chi connectivity index (χ1v) is 5.11. The third-order valence-corrected chi connectivity index (χ3v) is 2.14. The van der Waals surface area contributed by atoms with Gasteiger partial charge in [0.1, 0.15) is 0 Å². The number of phenolic OH excluding ortho intramolecular Hbond substituents is 1. The van der Waals surface area contributed by atoms with Crippen molar-refractivity contribution in [2.45, 2.75) is 32.2 Å². The fourth-order valence-corrected chi connectivity index (χ4v) is 1.31. The summed E-state index contributed by atoms with van der Waals surface area (Å²) in [5.74, 6) is -1.12. The van der Waals surface area contributed by atoms with Gasteiger partial charge in [0.15, 0.2) is 11.5 Å². The average molecular weight is 249 g/mol. The van der Waals surface area contributed by atoms with Gasteiger partial charge in [0.25, 0.3) is 0 Å². The zero-order chi connectivity index (χ0) is 13.1. The van der Waals surface area contributed by atoms with Crippen LogP contribution in [0.25, 0.3) is 0 Å². The van der Waals surface area contributed by atoms with Crippen LogP contribution in [0.5, 0.6) is 11.5 Å². The molecule has 96 valence electrons. The van der Waals surface area contributed by atoms with Gasteiger partial charge in [0, 0.05) is 6.04 Å². The smallest absolute Gasteiger partial charge is 0.504 e. The fraction of sp³-hybridized carbons (Fsp3) is 0.455. The van der Waals surface area contributed by atoms with Crippen molar-refractivity contribution < 1.29 is 23.0 Å². The molecule has 0 bridgehead atoms. The molecule has 0 radical (unpaired) electrons. The molecule has 1 aromatic rings. The molecule has 0 aliphatic heterocycles. The van der Waals surface area contributed by atoms with Crippen LogP contribution in [0.1, 0.15) is 18.9 Å². The summed E-state index contributed by atoms with van der Waals surface area (Å²) in [6.45, 7) is 1.81. The van der Waals surface area contributed by atoms with Crippen LogP contribution in [0, 0.1) is 0 Å². The van der Waals surface area contributed by atoms with E-state index >= 15 is 0 Å². The van der Waals surface area contributed by atoms with Crippen molar-refractivity contribution in [2.24, 2.45) is 5.73 Å². The Hall–Kier alpha value is -1.43. The van der Waals surface area contributed by atoms with E-state index in [1.807, 2.05) is 6.92 Å². The first-order valence-electron chi connectivity index (χ1n) is 5.11. The predicted molar refractivity (Wildman–Crippen MR) is 56.8 cm³/mol. The Morgan fingerprint density at radius 3 is 2.59 bits per heavy atom. The minimum atomic E-state index is -4.81. The number of aromatic hydroxyl groups is 1. The van der Waals surface area contributed by atoms with Gasteiger partial charge < -0.3 is 15.6 Å². The van der Waals surface area contributed by atoms with Gasteiger partial charge in [-0.1, -0.05) is 6.07 Å². The predicted octanol–water partition coefficient (Wildman–Crippen LogP) is 2.57. The largest absolute Gasteiger partial charge is 0.573 e.